The van der Waals surface area contributed by atoms with Gasteiger partial charge in [0, 0.05) is 13.2 Å². The van der Waals surface area contributed by atoms with Gasteiger partial charge >= 0.3 is 0 Å². The molecule has 1 aromatic carbocycles. The van der Waals surface area contributed by atoms with Crippen molar-refractivity contribution in [1.82, 2.24) is 5.32 Å². The smallest absolute Gasteiger partial charge is 0.254 e. The van der Waals surface area contributed by atoms with E-state index in [0.717, 1.165) is 0 Å². The van der Waals surface area contributed by atoms with Gasteiger partial charge in [0.25, 0.3) is 5.91 Å². The third-order valence-electron chi connectivity index (χ3n) is 2.25. The quantitative estimate of drug-likeness (QED) is 0.758. The van der Waals surface area contributed by atoms with E-state index in [0.29, 0.717) is 13.2 Å². The predicted octanol–water partition coefficient (Wildman–Crippen LogP) is 1.95. The number of hydrogen-bond donors (Lipinski definition) is 1. The maximum Gasteiger partial charge on any atom is 0.254 e. The van der Waals surface area contributed by atoms with E-state index in [2.05, 4.69) is 5.32 Å². The van der Waals surface area contributed by atoms with Crippen LogP contribution in [0.25, 0.3) is 0 Å². The summed E-state index contributed by atoms with van der Waals surface area (Å²) in [7, 11) is 0. The molecule has 0 bridgehead atoms. The van der Waals surface area contributed by atoms with Crippen molar-refractivity contribution < 1.29 is 18.7 Å². The Hall–Kier alpha value is -1.46. The maximum atomic E-state index is 13.3. The summed E-state index contributed by atoms with van der Waals surface area (Å²) in [6.07, 6.45) is -0.504. The minimum atomic E-state index is -0.542. The van der Waals surface area contributed by atoms with Crippen molar-refractivity contribution in [3.05, 3.63) is 35.6 Å². The molecule has 0 heterocycles. The summed E-state index contributed by atoms with van der Waals surface area (Å²) in [6, 6.07) is 5.83. The zero-order valence-electron chi connectivity index (χ0n) is 10.6. The first-order valence-corrected chi connectivity index (χ1v) is 5.95. The van der Waals surface area contributed by atoms with Crippen LogP contribution < -0.4 is 5.32 Å². The Morgan fingerprint density at radius 2 is 1.89 bits per heavy atom. The molecule has 4 nitrogen and oxygen atoms in total. The molecule has 0 unspecified atom stereocenters. The number of carbonyl (C=O) groups excluding carboxylic acids is 1. The number of ether oxygens (including phenoxy) is 2. The van der Waals surface area contributed by atoms with E-state index in [9.17, 15) is 9.18 Å². The Kier molecular flexibility index (Phi) is 6.32. The molecule has 0 aliphatic heterocycles. The van der Waals surface area contributed by atoms with Crippen molar-refractivity contribution in [1.29, 1.82) is 0 Å². The second kappa shape index (κ2) is 7.79. The summed E-state index contributed by atoms with van der Waals surface area (Å²) in [5.41, 5.74) is 0.0178. The van der Waals surface area contributed by atoms with Crippen molar-refractivity contribution in [3.8, 4) is 0 Å². The SMILES string of the molecule is CCOC(CNC(=O)c1ccccc1F)OCC. The van der Waals surface area contributed by atoms with Gasteiger partial charge in [0.05, 0.1) is 12.1 Å². The Morgan fingerprint density at radius 3 is 2.44 bits per heavy atom. The van der Waals surface area contributed by atoms with Crippen LogP contribution in [0.1, 0.15) is 24.2 Å². The van der Waals surface area contributed by atoms with E-state index in [1.165, 1.54) is 18.2 Å². The Balaban J connectivity index is 2.52. The highest BCUT2D eigenvalue weighted by Gasteiger charge is 2.13. The summed E-state index contributed by atoms with van der Waals surface area (Å²) in [5.74, 6) is -1.02. The first-order valence-electron chi connectivity index (χ1n) is 5.95. The third-order valence-corrected chi connectivity index (χ3v) is 2.25. The topological polar surface area (TPSA) is 47.6 Å². The Labute approximate surface area is 106 Å². The summed E-state index contributed by atoms with van der Waals surface area (Å²) in [6.45, 7) is 4.84. The lowest BCUT2D eigenvalue weighted by Crippen LogP contribution is -2.35. The van der Waals surface area contributed by atoms with Gasteiger partial charge in [-0.05, 0) is 26.0 Å². The summed E-state index contributed by atoms with van der Waals surface area (Å²) < 4.78 is 23.9. The lowest BCUT2D eigenvalue weighted by atomic mass is 10.2. The molecule has 100 valence electrons. The average molecular weight is 255 g/mol. The fourth-order valence-electron chi connectivity index (χ4n) is 1.45. The zero-order valence-corrected chi connectivity index (χ0v) is 10.6. The fraction of sp³-hybridized carbons (Fsp3) is 0.462. The van der Waals surface area contributed by atoms with Crippen LogP contribution in [0.5, 0.6) is 0 Å². The summed E-state index contributed by atoms with van der Waals surface area (Å²) >= 11 is 0. The summed E-state index contributed by atoms with van der Waals surface area (Å²) in [4.78, 5) is 11.7. The first kappa shape index (κ1) is 14.6. The van der Waals surface area contributed by atoms with Gasteiger partial charge in [-0.15, -0.1) is 0 Å². The van der Waals surface area contributed by atoms with Gasteiger partial charge in [-0.1, -0.05) is 12.1 Å². The van der Waals surface area contributed by atoms with Crippen molar-refractivity contribution in [2.75, 3.05) is 19.8 Å². The van der Waals surface area contributed by atoms with Gasteiger partial charge in [-0.25, -0.2) is 4.39 Å². The number of rotatable bonds is 7. The van der Waals surface area contributed by atoms with Gasteiger partial charge in [0.1, 0.15) is 5.82 Å². The number of benzene rings is 1. The molecule has 5 heteroatoms. The molecule has 1 rings (SSSR count). The first-order chi connectivity index (χ1) is 8.69. The number of halogens is 1. The molecule has 18 heavy (non-hydrogen) atoms. The van der Waals surface area contributed by atoms with Crippen LogP contribution >= 0.6 is 0 Å². The van der Waals surface area contributed by atoms with Crippen molar-refractivity contribution in [2.45, 2.75) is 20.1 Å². The van der Waals surface area contributed by atoms with Crippen LogP contribution in [0.15, 0.2) is 24.3 Å². The molecular formula is C13H18FNO3. The van der Waals surface area contributed by atoms with E-state index in [1.807, 2.05) is 13.8 Å². The number of hydrogen-bond acceptors (Lipinski definition) is 3. The van der Waals surface area contributed by atoms with Crippen molar-refractivity contribution in [2.24, 2.45) is 0 Å². The van der Waals surface area contributed by atoms with Gasteiger partial charge in [-0.3, -0.25) is 4.79 Å². The Bertz CT molecular complexity index is 378. The normalized spacial score (nSPS) is 10.7. The zero-order chi connectivity index (χ0) is 13.4. The number of nitrogens with one attached hydrogen (secondary N) is 1. The molecule has 1 N–H and O–H groups in total. The van der Waals surface area contributed by atoms with Crippen LogP contribution in [-0.2, 0) is 9.47 Å². The summed E-state index contributed by atoms with van der Waals surface area (Å²) in [5, 5.41) is 2.58. The van der Waals surface area contributed by atoms with Crippen LogP contribution in [0.4, 0.5) is 4.39 Å². The highest BCUT2D eigenvalue weighted by atomic mass is 19.1. The molecule has 0 aliphatic carbocycles. The molecule has 0 aromatic heterocycles. The molecule has 0 aliphatic rings. The molecule has 0 saturated heterocycles. The van der Waals surface area contributed by atoms with E-state index in [-0.39, 0.29) is 12.1 Å². The molecule has 1 aromatic rings. The predicted molar refractivity (Wildman–Crippen MR) is 65.8 cm³/mol. The maximum absolute atomic E-state index is 13.3. The average Bonchev–Trinajstić information content (AvgIpc) is 2.36. The molecule has 0 atom stereocenters. The largest absolute Gasteiger partial charge is 0.351 e. The molecule has 0 radical (unpaired) electrons. The lowest BCUT2D eigenvalue weighted by Gasteiger charge is -2.17. The van der Waals surface area contributed by atoms with Crippen LogP contribution in [0.3, 0.4) is 0 Å². The lowest BCUT2D eigenvalue weighted by molar-refractivity contribution is -0.131. The van der Waals surface area contributed by atoms with Gasteiger partial charge < -0.3 is 14.8 Å². The fourth-order valence-corrected chi connectivity index (χ4v) is 1.45. The molecule has 0 spiro atoms. The molecule has 1 amide bonds. The van der Waals surface area contributed by atoms with E-state index in [4.69, 9.17) is 9.47 Å². The molecule has 0 fully saturated rings. The minimum absolute atomic E-state index is 0.0178. The van der Waals surface area contributed by atoms with Crippen LogP contribution in [0.2, 0.25) is 0 Å². The van der Waals surface area contributed by atoms with Crippen molar-refractivity contribution in [3.63, 3.8) is 0 Å². The Morgan fingerprint density at radius 1 is 1.28 bits per heavy atom. The number of carbonyl (C=O) groups is 1. The highest BCUT2D eigenvalue weighted by Crippen LogP contribution is 2.06. The van der Waals surface area contributed by atoms with Gasteiger partial charge in [0.15, 0.2) is 6.29 Å². The second-order valence-corrected chi connectivity index (χ2v) is 3.53. The van der Waals surface area contributed by atoms with Crippen LogP contribution in [0, 0.1) is 5.82 Å². The molecular weight excluding hydrogens is 237 g/mol. The van der Waals surface area contributed by atoms with Crippen LogP contribution in [-0.4, -0.2) is 32.0 Å². The second-order valence-electron chi connectivity index (χ2n) is 3.53. The minimum Gasteiger partial charge on any atom is -0.351 e. The molecule has 0 saturated carbocycles. The monoisotopic (exact) mass is 255 g/mol. The highest BCUT2D eigenvalue weighted by molar-refractivity contribution is 5.94. The van der Waals surface area contributed by atoms with E-state index >= 15 is 0 Å². The third kappa shape index (κ3) is 4.43. The van der Waals surface area contributed by atoms with E-state index < -0.39 is 18.0 Å². The van der Waals surface area contributed by atoms with Gasteiger partial charge in [0.2, 0.25) is 0 Å². The van der Waals surface area contributed by atoms with Gasteiger partial charge in [-0.2, -0.15) is 0 Å². The number of amides is 1. The van der Waals surface area contributed by atoms with Crippen molar-refractivity contribution >= 4 is 5.91 Å². The van der Waals surface area contributed by atoms with E-state index in [1.54, 1.807) is 6.07 Å². The standard InChI is InChI=1S/C13H18FNO3/c1-3-17-12(18-4-2)9-15-13(16)10-7-5-6-8-11(10)14/h5-8,12H,3-4,9H2,1-2H3,(H,15,16).